The van der Waals surface area contributed by atoms with E-state index in [0.717, 1.165) is 12.1 Å². The third kappa shape index (κ3) is 2.67. The van der Waals surface area contributed by atoms with Gasteiger partial charge in [0.25, 0.3) is 5.69 Å². The van der Waals surface area contributed by atoms with Gasteiger partial charge in [-0.05, 0) is 0 Å². The SMILES string of the molecule is O=[N+]([O-])Nc1c(Cl)cc([N+](=O)[O-])cc1Cl. The molecule has 0 fully saturated rings. The number of halogens is 2. The number of nitro benzene ring substituents is 1. The summed E-state index contributed by atoms with van der Waals surface area (Å²) in [5.41, 5.74) is 1.24. The Morgan fingerprint density at radius 1 is 1.13 bits per heavy atom. The second-order valence-electron chi connectivity index (χ2n) is 2.41. The number of non-ortho nitro benzene ring substituents is 1. The summed E-state index contributed by atoms with van der Waals surface area (Å²) >= 11 is 11.1. The van der Waals surface area contributed by atoms with Crippen LogP contribution < -0.4 is 5.43 Å². The van der Waals surface area contributed by atoms with Crippen LogP contribution in [0.1, 0.15) is 0 Å². The summed E-state index contributed by atoms with van der Waals surface area (Å²) in [6.07, 6.45) is 0. The summed E-state index contributed by atoms with van der Waals surface area (Å²) in [5.74, 6) is 0. The number of hydrogen-bond acceptors (Lipinski definition) is 4. The van der Waals surface area contributed by atoms with E-state index in [1.54, 1.807) is 5.43 Å². The highest BCUT2D eigenvalue weighted by atomic mass is 35.5. The van der Waals surface area contributed by atoms with E-state index < -0.39 is 9.96 Å². The molecule has 7 nitrogen and oxygen atoms in total. The van der Waals surface area contributed by atoms with Crippen LogP contribution in [0.5, 0.6) is 0 Å². The van der Waals surface area contributed by atoms with Crippen molar-refractivity contribution in [1.82, 2.24) is 0 Å². The molecule has 0 spiro atoms. The number of nitro groups is 2. The number of benzene rings is 1. The number of nitrogens with one attached hydrogen (secondary N) is 1. The molecule has 0 amide bonds. The highest BCUT2D eigenvalue weighted by molar-refractivity contribution is 6.39. The lowest BCUT2D eigenvalue weighted by molar-refractivity contribution is -0.445. The molecule has 0 saturated heterocycles. The highest BCUT2D eigenvalue weighted by Gasteiger charge is 2.17. The fraction of sp³-hybridized carbons (Fsp3) is 0. The number of hydrazine groups is 1. The summed E-state index contributed by atoms with van der Waals surface area (Å²) in [6, 6.07) is 1.94. The van der Waals surface area contributed by atoms with Gasteiger partial charge in [-0.2, -0.15) is 0 Å². The monoisotopic (exact) mass is 251 g/mol. The van der Waals surface area contributed by atoms with E-state index in [2.05, 4.69) is 0 Å². The Kier molecular flexibility index (Phi) is 3.28. The lowest BCUT2D eigenvalue weighted by atomic mass is 10.3. The number of hydrogen-bond donors (Lipinski definition) is 1. The first-order valence-electron chi connectivity index (χ1n) is 3.46. The van der Waals surface area contributed by atoms with Gasteiger partial charge in [0.15, 0.2) is 5.03 Å². The molecule has 1 rings (SSSR count). The van der Waals surface area contributed by atoms with Crippen LogP contribution in [-0.2, 0) is 0 Å². The summed E-state index contributed by atoms with van der Waals surface area (Å²) < 4.78 is 0. The molecule has 0 radical (unpaired) electrons. The minimum atomic E-state index is -0.862. The van der Waals surface area contributed by atoms with Crippen molar-refractivity contribution in [3.05, 3.63) is 42.4 Å². The smallest absolute Gasteiger partial charge is 0.258 e. The van der Waals surface area contributed by atoms with Crippen LogP contribution in [0.2, 0.25) is 10.0 Å². The fourth-order valence-corrected chi connectivity index (χ4v) is 1.42. The molecular weight excluding hydrogens is 249 g/mol. The van der Waals surface area contributed by atoms with Crippen LogP contribution in [0.25, 0.3) is 0 Å². The molecule has 1 aromatic carbocycles. The van der Waals surface area contributed by atoms with E-state index >= 15 is 0 Å². The Hall–Kier alpha value is -1.60. The topological polar surface area (TPSA) is 98.3 Å². The van der Waals surface area contributed by atoms with Gasteiger partial charge in [-0.3, -0.25) is 10.1 Å². The Labute approximate surface area is 92.9 Å². The van der Waals surface area contributed by atoms with Crippen LogP contribution in [-0.4, -0.2) is 9.96 Å². The number of nitrogens with zero attached hydrogens (tertiary/aromatic N) is 2. The number of rotatable bonds is 3. The molecule has 0 aliphatic heterocycles. The van der Waals surface area contributed by atoms with Gasteiger partial charge >= 0.3 is 0 Å². The van der Waals surface area contributed by atoms with E-state index in [1.165, 1.54) is 0 Å². The Bertz CT molecular complexity index is 413. The zero-order valence-electron chi connectivity index (χ0n) is 6.94. The van der Waals surface area contributed by atoms with Crippen molar-refractivity contribution in [2.45, 2.75) is 0 Å². The molecule has 0 bridgehead atoms. The van der Waals surface area contributed by atoms with Gasteiger partial charge in [-0.15, -0.1) is 5.43 Å². The fourth-order valence-electron chi connectivity index (χ4n) is 0.863. The van der Waals surface area contributed by atoms with E-state index in [0.29, 0.717) is 0 Å². The molecule has 0 unspecified atom stereocenters. The van der Waals surface area contributed by atoms with E-state index in [9.17, 15) is 20.2 Å². The first kappa shape index (κ1) is 11.5. The van der Waals surface area contributed by atoms with Gasteiger partial charge in [-0.1, -0.05) is 23.2 Å². The Morgan fingerprint density at radius 3 is 1.93 bits per heavy atom. The molecule has 1 aromatic rings. The third-order valence-electron chi connectivity index (χ3n) is 1.44. The normalized spacial score (nSPS) is 9.73. The largest absolute Gasteiger partial charge is 0.272 e. The second kappa shape index (κ2) is 4.28. The Morgan fingerprint density at radius 2 is 1.60 bits per heavy atom. The molecule has 0 heterocycles. The van der Waals surface area contributed by atoms with Crippen molar-refractivity contribution in [1.29, 1.82) is 0 Å². The first-order valence-corrected chi connectivity index (χ1v) is 4.22. The van der Waals surface area contributed by atoms with Crippen molar-refractivity contribution >= 4 is 34.6 Å². The lowest BCUT2D eigenvalue weighted by Gasteiger charge is -2.02. The standard InChI is InChI=1S/C6H3Cl2N3O4/c7-4-1-3(10(12)13)2-5(8)6(4)9-11(14)15/h1-2,9H. The van der Waals surface area contributed by atoms with Crippen LogP contribution in [0.4, 0.5) is 11.4 Å². The molecule has 0 aromatic heterocycles. The van der Waals surface area contributed by atoms with E-state index in [1.807, 2.05) is 0 Å². The summed E-state index contributed by atoms with van der Waals surface area (Å²) in [5, 5.41) is 19.3. The van der Waals surface area contributed by atoms with Gasteiger partial charge in [0, 0.05) is 12.1 Å². The molecule has 0 aliphatic carbocycles. The predicted molar refractivity (Wildman–Crippen MR) is 53.7 cm³/mol. The zero-order chi connectivity index (χ0) is 11.6. The molecule has 15 heavy (non-hydrogen) atoms. The maximum atomic E-state index is 10.4. The second-order valence-corrected chi connectivity index (χ2v) is 3.22. The van der Waals surface area contributed by atoms with Crippen molar-refractivity contribution in [2.75, 3.05) is 5.43 Å². The van der Waals surface area contributed by atoms with Crippen molar-refractivity contribution in [3.63, 3.8) is 0 Å². The molecule has 80 valence electrons. The van der Waals surface area contributed by atoms with Crippen molar-refractivity contribution in [2.24, 2.45) is 0 Å². The average molecular weight is 252 g/mol. The maximum Gasteiger partial charge on any atom is 0.272 e. The first-order chi connectivity index (χ1) is 6.91. The van der Waals surface area contributed by atoms with Crippen molar-refractivity contribution < 1.29 is 9.96 Å². The van der Waals surface area contributed by atoms with Crippen LogP contribution in [0, 0.1) is 20.2 Å². The molecule has 0 aliphatic rings. The summed E-state index contributed by atoms with van der Waals surface area (Å²) in [7, 11) is 0. The van der Waals surface area contributed by atoms with E-state index in [-0.39, 0.29) is 21.4 Å². The minimum absolute atomic E-state index is 0.172. The van der Waals surface area contributed by atoms with Gasteiger partial charge in [-0.25, -0.2) is 10.1 Å². The van der Waals surface area contributed by atoms with Crippen molar-refractivity contribution in [3.8, 4) is 0 Å². The van der Waals surface area contributed by atoms with Gasteiger partial charge in [0.1, 0.15) is 5.69 Å². The van der Waals surface area contributed by atoms with Crippen LogP contribution >= 0.6 is 23.2 Å². The highest BCUT2D eigenvalue weighted by Crippen LogP contribution is 2.34. The summed E-state index contributed by atoms with van der Waals surface area (Å²) in [6.45, 7) is 0. The summed E-state index contributed by atoms with van der Waals surface area (Å²) in [4.78, 5) is 19.8. The molecule has 0 saturated carbocycles. The van der Waals surface area contributed by atoms with Gasteiger partial charge < -0.3 is 0 Å². The molecule has 0 atom stereocenters. The van der Waals surface area contributed by atoms with Crippen LogP contribution in [0.15, 0.2) is 12.1 Å². The molecule has 9 heteroatoms. The van der Waals surface area contributed by atoms with Gasteiger partial charge in [0.2, 0.25) is 0 Å². The predicted octanol–water partition coefficient (Wildman–Crippen LogP) is 2.51. The van der Waals surface area contributed by atoms with E-state index in [4.69, 9.17) is 23.2 Å². The number of anilines is 1. The van der Waals surface area contributed by atoms with Crippen LogP contribution in [0.3, 0.4) is 0 Å². The zero-order valence-corrected chi connectivity index (χ0v) is 8.45. The lowest BCUT2D eigenvalue weighted by Crippen LogP contribution is -2.08. The van der Waals surface area contributed by atoms with Gasteiger partial charge in [0.05, 0.1) is 15.0 Å². The third-order valence-corrected chi connectivity index (χ3v) is 2.04. The molecular formula is C6H3Cl2N3O4. The molecule has 1 N–H and O–H groups in total. The average Bonchev–Trinajstić information content (AvgIpc) is 2.10. The maximum absolute atomic E-state index is 10.4. The quantitative estimate of drug-likeness (QED) is 0.658. The minimum Gasteiger partial charge on any atom is -0.258 e. The Balaban J connectivity index is 3.21.